The SMILES string of the molecule is CC.COc1cccc(Cl)c1Cn1nc(C)c2ccc(CC(=O)OC(C)(C)C)cc21. The summed E-state index contributed by atoms with van der Waals surface area (Å²) in [4.78, 5) is 12.2. The van der Waals surface area contributed by atoms with Gasteiger partial charge in [0.25, 0.3) is 0 Å². The van der Waals surface area contributed by atoms with Crippen LogP contribution in [-0.2, 0) is 22.5 Å². The number of hydrogen-bond donors (Lipinski definition) is 0. The van der Waals surface area contributed by atoms with Crippen molar-refractivity contribution in [3.05, 3.63) is 58.2 Å². The largest absolute Gasteiger partial charge is 0.496 e. The van der Waals surface area contributed by atoms with E-state index in [1.165, 1.54) is 0 Å². The average molecular weight is 431 g/mol. The van der Waals surface area contributed by atoms with Crippen LogP contribution in [0.25, 0.3) is 10.9 Å². The van der Waals surface area contributed by atoms with Crippen molar-refractivity contribution in [3.63, 3.8) is 0 Å². The molecule has 2 aromatic carbocycles. The quantitative estimate of drug-likeness (QED) is 0.468. The van der Waals surface area contributed by atoms with Crippen LogP contribution in [0, 0.1) is 6.92 Å². The van der Waals surface area contributed by atoms with Crippen molar-refractivity contribution >= 4 is 28.5 Å². The fraction of sp³-hybridized carbons (Fsp3) is 0.417. The minimum atomic E-state index is -0.500. The van der Waals surface area contributed by atoms with E-state index >= 15 is 0 Å². The second kappa shape index (κ2) is 9.98. The Morgan fingerprint density at radius 3 is 2.50 bits per heavy atom. The number of methoxy groups -OCH3 is 1. The molecule has 6 heteroatoms. The van der Waals surface area contributed by atoms with Crippen LogP contribution in [0.4, 0.5) is 0 Å². The normalized spacial score (nSPS) is 11.1. The second-order valence-corrected chi connectivity index (χ2v) is 8.19. The first kappa shape index (κ1) is 23.7. The van der Waals surface area contributed by atoms with Gasteiger partial charge in [-0.15, -0.1) is 0 Å². The molecule has 3 rings (SSSR count). The molecule has 1 heterocycles. The van der Waals surface area contributed by atoms with Gasteiger partial charge in [-0.05, 0) is 51.5 Å². The molecular formula is C24H31ClN2O3. The number of carbonyl (C=O) groups is 1. The lowest BCUT2D eigenvalue weighted by atomic mass is 10.1. The molecular weight excluding hydrogens is 400 g/mol. The Morgan fingerprint density at radius 1 is 1.17 bits per heavy atom. The molecule has 0 atom stereocenters. The molecule has 0 aliphatic rings. The van der Waals surface area contributed by atoms with E-state index in [2.05, 4.69) is 5.10 Å². The smallest absolute Gasteiger partial charge is 0.310 e. The van der Waals surface area contributed by atoms with Crippen molar-refractivity contribution in [2.24, 2.45) is 0 Å². The molecule has 0 N–H and O–H groups in total. The van der Waals surface area contributed by atoms with Gasteiger partial charge in [0.1, 0.15) is 11.4 Å². The number of aromatic nitrogens is 2. The number of benzene rings is 2. The number of hydrogen-bond acceptors (Lipinski definition) is 4. The van der Waals surface area contributed by atoms with E-state index in [0.717, 1.165) is 33.5 Å². The van der Waals surface area contributed by atoms with Crippen LogP contribution in [-0.4, -0.2) is 28.5 Å². The predicted molar refractivity (Wildman–Crippen MR) is 122 cm³/mol. The number of rotatable bonds is 5. The van der Waals surface area contributed by atoms with Crippen molar-refractivity contribution in [1.82, 2.24) is 9.78 Å². The van der Waals surface area contributed by atoms with Gasteiger partial charge in [0.2, 0.25) is 0 Å². The highest BCUT2D eigenvalue weighted by molar-refractivity contribution is 6.31. The minimum absolute atomic E-state index is 0.215. The fourth-order valence-electron chi connectivity index (χ4n) is 3.19. The molecule has 0 aliphatic heterocycles. The Balaban J connectivity index is 0.00000155. The molecule has 0 spiro atoms. The molecule has 0 unspecified atom stereocenters. The summed E-state index contributed by atoms with van der Waals surface area (Å²) >= 11 is 6.40. The fourth-order valence-corrected chi connectivity index (χ4v) is 3.42. The van der Waals surface area contributed by atoms with Crippen LogP contribution in [0.3, 0.4) is 0 Å². The van der Waals surface area contributed by atoms with Crippen molar-refractivity contribution < 1.29 is 14.3 Å². The number of nitrogens with zero attached hydrogens (tertiary/aromatic N) is 2. The Morgan fingerprint density at radius 2 is 1.87 bits per heavy atom. The van der Waals surface area contributed by atoms with Crippen LogP contribution in [0.2, 0.25) is 5.02 Å². The van der Waals surface area contributed by atoms with Gasteiger partial charge >= 0.3 is 5.97 Å². The van der Waals surface area contributed by atoms with Gasteiger partial charge in [0, 0.05) is 16.0 Å². The van der Waals surface area contributed by atoms with Gasteiger partial charge in [-0.2, -0.15) is 5.10 Å². The van der Waals surface area contributed by atoms with Crippen molar-refractivity contribution in [2.45, 2.75) is 60.1 Å². The molecule has 162 valence electrons. The maximum atomic E-state index is 12.2. The van der Waals surface area contributed by atoms with Crippen LogP contribution in [0.1, 0.15) is 51.4 Å². The number of halogens is 1. The predicted octanol–water partition coefficient (Wildman–Crippen LogP) is 5.97. The summed E-state index contributed by atoms with van der Waals surface area (Å²) in [5, 5.41) is 6.34. The van der Waals surface area contributed by atoms with Gasteiger partial charge in [-0.3, -0.25) is 9.48 Å². The van der Waals surface area contributed by atoms with Crippen molar-refractivity contribution in [3.8, 4) is 5.75 Å². The Bertz CT molecular complexity index is 1020. The Kier molecular flexibility index (Phi) is 7.90. The van der Waals surface area contributed by atoms with Gasteiger partial charge in [-0.1, -0.05) is 43.6 Å². The van der Waals surface area contributed by atoms with E-state index in [0.29, 0.717) is 11.6 Å². The third-order valence-electron chi connectivity index (χ3n) is 4.37. The molecule has 0 fully saturated rings. The number of aryl methyl sites for hydroxylation is 1. The van der Waals surface area contributed by atoms with Gasteiger partial charge in [0.15, 0.2) is 0 Å². The van der Waals surface area contributed by atoms with Crippen LogP contribution in [0.15, 0.2) is 36.4 Å². The maximum Gasteiger partial charge on any atom is 0.310 e. The van der Waals surface area contributed by atoms with Crippen LogP contribution in [0.5, 0.6) is 5.75 Å². The third kappa shape index (κ3) is 5.76. The first-order valence-corrected chi connectivity index (χ1v) is 10.5. The summed E-state index contributed by atoms with van der Waals surface area (Å²) < 4.78 is 12.8. The summed E-state index contributed by atoms with van der Waals surface area (Å²) in [6, 6.07) is 11.5. The molecule has 5 nitrogen and oxygen atoms in total. The van der Waals surface area contributed by atoms with Crippen LogP contribution >= 0.6 is 11.6 Å². The molecule has 0 saturated carbocycles. The Hall–Kier alpha value is -2.53. The van der Waals surface area contributed by atoms with E-state index in [4.69, 9.17) is 21.1 Å². The van der Waals surface area contributed by atoms with Crippen LogP contribution < -0.4 is 4.74 Å². The number of carbonyl (C=O) groups excluding carboxylic acids is 1. The molecule has 0 radical (unpaired) electrons. The minimum Gasteiger partial charge on any atom is -0.496 e. The zero-order valence-electron chi connectivity index (χ0n) is 18.9. The maximum absolute atomic E-state index is 12.2. The van der Waals surface area contributed by atoms with E-state index in [1.54, 1.807) is 7.11 Å². The van der Waals surface area contributed by atoms with E-state index < -0.39 is 5.60 Å². The van der Waals surface area contributed by atoms with E-state index in [9.17, 15) is 4.79 Å². The average Bonchev–Trinajstić information content (AvgIpc) is 2.98. The molecule has 30 heavy (non-hydrogen) atoms. The molecule has 3 aromatic rings. The Labute approximate surface area is 183 Å². The highest BCUT2D eigenvalue weighted by atomic mass is 35.5. The van der Waals surface area contributed by atoms with Gasteiger partial charge < -0.3 is 9.47 Å². The first-order valence-electron chi connectivity index (χ1n) is 10.2. The van der Waals surface area contributed by atoms with E-state index in [-0.39, 0.29) is 12.4 Å². The number of ether oxygens (including phenoxy) is 2. The van der Waals surface area contributed by atoms with Crippen molar-refractivity contribution in [1.29, 1.82) is 0 Å². The van der Waals surface area contributed by atoms with Gasteiger partial charge in [-0.25, -0.2) is 0 Å². The summed E-state index contributed by atoms with van der Waals surface area (Å²) in [5.41, 5.74) is 3.12. The summed E-state index contributed by atoms with van der Waals surface area (Å²) in [5.74, 6) is 0.473. The second-order valence-electron chi connectivity index (χ2n) is 7.78. The molecule has 1 aromatic heterocycles. The highest BCUT2D eigenvalue weighted by Crippen LogP contribution is 2.29. The standard InChI is InChI=1S/C22H25ClN2O3.C2H6/c1-14-16-10-9-15(12-21(26)28-22(2,3)4)11-19(16)25(24-14)13-17-18(23)7-6-8-20(17)27-5;1-2/h6-11H,12-13H2,1-5H3;1-2H3. The van der Waals surface area contributed by atoms with E-state index in [1.807, 2.05) is 82.6 Å². The molecule has 0 aliphatic carbocycles. The summed E-state index contributed by atoms with van der Waals surface area (Å²) in [6.07, 6.45) is 0.215. The van der Waals surface area contributed by atoms with Gasteiger partial charge in [0.05, 0.1) is 31.3 Å². The van der Waals surface area contributed by atoms with Crippen molar-refractivity contribution in [2.75, 3.05) is 7.11 Å². The lowest BCUT2D eigenvalue weighted by molar-refractivity contribution is -0.153. The first-order chi connectivity index (χ1) is 14.2. The molecule has 0 amide bonds. The third-order valence-corrected chi connectivity index (χ3v) is 4.73. The zero-order chi connectivity index (χ0) is 22.5. The summed E-state index contributed by atoms with van der Waals surface area (Å²) in [6.45, 7) is 12.0. The topological polar surface area (TPSA) is 53.4 Å². The number of esters is 1. The zero-order valence-corrected chi connectivity index (χ0v) is 19.6. The lowest BCUT2D eigenvalue weighted by Gasteiger charge is -2.19. The highest BCUT2D eigenvalue weighted by Gasteiger charge is 2.18. The molecule has 0 saturated heterocycles. The molecule has 0 bridgehead atoms. The number of fused-ring (bicyclic) bond motifs is 1. The lowest BCUT2D eigenvalue weighted by Crippen LogP contribution is -2.24. The summed E-state index contributed by atoms with van der Waals surface area (Å²) in [7, 11) is 1.63. The monoisotopic (exact) mass is 430 g/mol.